The molecule has 0 aliphatic carbocycles. The number of hydrogen-bond acceptors (Lipinski definition) is 4. The van der Waals surface area contributed by atoms with Crippen molar-refractivity contribution in [1.29, 1.82) is 0 Å². The molecule has 1 aliphatic rings. The first-order valence-electron chi connectivity index (χ1n) is 6.43. The summed E-state index contributed by atoms with van der Waals surface area (Å²) in [7, 11) is 0. The minimum Gasteiger partial charge on any atom is -0.339 e. The Morgan fingerprint density at radius 1 is 1.33 bits per heavy atom. The van der Waals surface area contributed by atoms with Gasteiger partial charge in [-0.05, 0) is 25.5 Å². The Labute approximate surface area is 106 Å². The Kier molecular flexibility index (Phi) is 3.11. The van der Waals surface area contributed by atoms with Crippen LogP contribution < -0.4 is 5.32 Å². The highest BCUT2D eigenvalue weighted by molar-refractivity contribution is 5.18. The van der Waals surface area contributed by atoms with E-state index in [0.29, 0.717) is 12.0 Å². The van der Waals surface area contributed by atoms with Crippen molar-refractivity contribution in [1.82, 2.24) is 15.5 Å². The van der Waals surface area contributed by atoms with Crippen molar-refractivity contribution in [2.45, 2.75) is 31.7 Å². The van der Waals surface area contributed by atoms with Crippen molar-refractivity contribution in [3.63, 3.8) is 0 Å². The van der Waals surface area contributed by atoms with Gasteiger partial charge in [0.15, 0.2) is 5.82 Å². The number of aromatic nitrogens is 2. The zero-order valence-corrected chi connectivity index (χ0v) is 10.5. The first-order chi connectivity index (χ1) is 8.83. The van der Waals surface area contributed by atoms with Crippen LogP contribution in [0.4, 0.5) is 0 Å². The van der Waals surface area contributed by atoms with Crippen LogP contribution in [-0.2, 0) is 6.42 Å². The van der Waals surface area contributed by atoms with Crippen LogP contribution in [-0.4, -0.2) is 22.7 Å². The molecule has 2 atom stereocenters. The van der Waals surface area contributed by atoms with Crippen molar-refractivity contribution in [2.75, 3.05) is 6.54 Å². The lowest BCUT2D eigenvalue weighted by Gasteiger charge is -2.08. The lowest BCUT2D eigenvalue weighted by molar-refractivity contribution is 0.342. The molecule has 0 saturated carbocycles. The van der Waals surface area contributed by atoms with Gasteiger partial charge in [0.1, 0.15) is 0 Å². The Balaban J connectivity index is 1.74. The van der Waals surface area contributed by atoms with Crippen LogP contribution >= 0.6 is 0 Å². The normalized spacial score (nSPS) is 23.4. The van der Waals surface area contributed by atoms with E-state index in [1.54, 1.807) is 0 Å². The monoisotopic (exact) mass is 243 g/mol. The highest BCUT2D eigenvalue weighted by Gasteiger charge is 2.29. The third-order valence-corrected chi connectivity index (χ3v) is 3.53. The van der Waals surface area contributed by atoms with E-state index in [1.807, 2.05) is 18.2 Å². The third-order valence-electron chi connectivity index (χ3n) is 3.53. The number of nitrogens with one attached hydrogen (secondary N) is 1. The zero-order valence-electron chi connectivity index (χ0n) is 10.5. The SMILES string of the molecule is CC1NCCC1c1nc(Cc2ccccc2)no1. The predicted molar refractivity (Wildman–Crippen MR) is 68.4 cm³/mol. The number of benzene rings is 1. The van der Waals surface area contributed by atoms with Crippen LogP contribution in [0, 0.1) is 0 Å². The molecule has 4 heteroatoms. The summed E-state index contributed by atoms with van der Waals surface area (Å²) in [6.07, 6.45) is 1.81. The standard InChI is InChI=1S/C14H17N3O/c1-10-12(7-8-15-10)14-16-13(17-18-14)9-11-5-3-2-4-6-11/h2-6,10,12,15H,7-9H2,1H3. The number of nitrogens with zero attached hydrogens (tertiary/aromatic N) is 2. The Bertz CT molecular complexity index is 509. The van der Waals surface area contributed by atoms with Gasteiger partial charge in [-0.2, -0.15) is 4.98 Å². The third kappa shape index (κ3) is 2.29. The second kappa shape index (κ2) is 4.90. The molecule has 18 heavy (non-hydrogen) atoms. The smallest absolute Gasteiger partial charge is 0.231 e. The summed E-state index contributed by atoms with van der Waals surface area (Å²) in [5, 5.41) is 7.48. The molecule has 4 nitrogen and oxygen atoms in total. The van der Waals surface area contributed by atoms with Gasteiger partial charge in [-0.15, -0.1) is 0 Å². The van der Waals surface area contributed by atoms with Crippen molar-refractivity contribution < 1.29 is 4.52 Å². The summed E-state index contributed by atoms with van der Waals surface area (Å²) in [6.45, 7) is 3.20. The Hall–Kier alpha value is -1.68. The molecule has 0 radical (unpaired) electrons. The van der Waals surface area contributed by atoms with E-state index in [0.717, 1.165) is 31.1 Å². The van der Waals surface area contributed by atoms with Gasteiger partial charge in [-0.1, -0.05) is 35.5 Å². The van der Waals surface area contributed by atoms with Crippen molar-refractivity contribution >= 4 is 0 Å². The van der Waals surface area contributed by atoms with Gasteiger partial charge >= 0.3 is 0 Å². The maximum atomic E-state index is 5.39. The molecule has 0 spiro atoms. The van der Waals surface area contributed by atoms with E-state index in [-0.39, 0.29) is 0 Å². The molecule has 1 aliphatic heterocycles. The average Bonchev–Trinajstić information content (AvgIpc) is 2.99. The molecule has 1 fully saturated rings. The first kappa shape index (κ1) is 11.4. The molecule has 94 valence electrons. The van der Waals surface area contributed by atoms with Crippen LogP contribution in [0.2, 0.25) is 0 Å². The van der Waals surface area contributed by atoms with Crippen LogP contribution in [0.15, 0.2) is 34.9 Å². The van der Waals surface area contributed by atoms with E-state index in [2.05, 4.69) is 34.5 Å². The van der Waals surface area contributed by atoms with Crippen LogP contribution in [0.3, 0.4) is 0 Å². The van der Waals surface area contributed by atoms with Crippen molar-refractivity contribution in [3.05, 3.63) is 47.6 Å². The van der Waals surface area contributed by atoms with E-state index in [1.165, 1.54) is 5.56 Å². The van der Waals surface area contributed by atoms with Crippen LogP contribution in [0.25, 0.3) is 0 Å². The summed E-state index contributed by atoms with van der Waals surface area (Å²) in [5.74, 6) is 1.91. The Morgan fingerprint density at radius 2 is 2.17 bits per heavy atom. The van der Waals surface area contributed by atoms with Gasteiger partial charge in [0.25, 0.3) is 0 Å². The summed E-state index contributed by atoms with van der Waals surface area (Å²) in [5.41, 5.74) is 1.21. The van der Waals surface area contributed by atoms with Gasteiger partial charge in [0, 0.05) is 12.5 Å². The van der Waals surface area contributed by atoms with Gasteiger partial charge in [0.2, 0.25) is 5.89 Å². The van der Waals surface area contributed by atoms with E-state index < -0.39 is 0 Å². The minimum atomic E-state index is 0.363. The fourth-order valence-corrected chi connectivity index (χ4v) is 2.46. The average molecular weight is 243 g/mol. The van der Waals surface area contributed by atoms with E-state index >= 15 is 0 Å². The quantitative estimate of drug-likeness (QED) is 0.897. The van der Waals surface area contributed by atoms with Crippen molar-refractivity contribution in [3.8, 4) is 0 Å². The second-order valence-corrected chi connectivity index (χ2v) is 4.85. The minimum absolute atomic E-state index is 0.363. The number of rotatable bonds is 3. The molecular weight excluding hydrogens is 226 g/mol. The molecule has 2 unspecified atom stereocenters. The lowest BCUT2D eigenvalue weighted by Crippen LogP contribution is -2.21. The fourth-order valence-electron chi connectivity index (χ4n) is 2.46. The molecule has 0 amide bonds. The molecule has 1 aromatic heterocycles. The molecule has 1 aromatic carbocycles. The lowest BCUT2D eigenvalue weighted by atomic mass is 10.0. The molecule has 3 rings (SSSR count). The van der Waals surface area contributed by atoms with Gasteiger partial charge in [-0.25, -0.2) is 0 Å². The first-order valence-corrected chi connectivity index (χ1v) is 6.43. The van der Waals surface area contributed by atoms with Gasteiger partial charge < -0.3 is 9.84 Å². The van der Waals surface area contributed by atoms with Crippen molar-refractivity contribution in [2.24, 2.45) is 0 Å². The summed E-state index contributed by atoms with van der Waals surface area (Å²) >= 11 is 0. The van der Waals surface area contributed by atoms with Gasteiger partial charge in [0.05, 0.1) is 5.92 Å². The molecule has 2 aromatic rings. The van der Waals surface area contributed by atoms with Crippen LogP contribution in [0.5, 0.6) is 0 Å². The van der Waals surface area contributed by atoms with Gasteiger partial charge in [-0.3, -0.25) is 0 Å². The maximum Gasteiger partial charge on any atom is 0.231 e. The maximum absolute atomic E-state index is 5.39. The summed E-state index contributed by atoms with van der Waals surface area (Å²) in [6, 6.07) is 10.6. The fraction of sp³-hybridized carbons (Fsp3) is 0.429. The molecular formula is C14H17N3O. The predicted octanol–water partition coefficient (Wildman–Crippen LogP) is 2.13. The molecule has 1 N–H and O–H groups in total. The summed E-state index contributed by atoms with van der Waals surface area (Å²) < 4.78 is 5.39. The van der Waals surface area contributed by atoms with E-state index in [9.17, 15) is 0 Å². The largest absolute Gasteiger partial charge is 0.339 e. The summed E-state index contributed by atoms with van der Waals surface area (Å²) in [4.78, 5) is 4.52. The van der Waals surface area contributed by atoms with Crippen LogP contribution in [0.1, 0.15) is 36.5 Å². The molecule has 2 heterocycles. The highest BCUT2D eigenvalue weighted by Crippen LogP contribution is 2.26. The Morgan fingerprint density at radius 3 is 2.89 bits per heavy atom. The number of hydrogen-bond donors (Lipinski definition) is 1. The zero-order chi connectivity index (χ0) is 12.4. The topological polar surface area (TPSA) is 51.0 Å². The molecule has 1 saturated heterocycles. The molecule has 0 bridgehead atoms. The van der Waals surface area contributed by atoms with E-state index in [4.69, 9.17) is 4.52 Å². The highest BCUT2D eigenvalue weighted by atomic mass is 16.5. The second-order valence-electron chi connectivity index (χ2n) is 4.85.